The molecule has 0 bridgehead atoms. The van der Waals surface area contributed by atoms with Crippen LogP contribution in [0.2, 0.25) is 0 Å². The van der Waals surface area contributed by atoms with Crippen LogP contribution in [-0.2, 0) is 16.6 Å². The van der Waals surface area contributed by atoms with E-state index >= 15 is 0 Å². The van der Waals surface area contributed by atoms with Gasteiger partial charge in [0.1, 0.15) is 0 Å². The van der Waals surface area contributed by atoms with Crippen LogP contribution in [0.1, 0.15) is 25.5 Å². The van der Waals surface area contributed by atoms with Gasteiger partial charge in [-0.15, -0.1) is 0 Å². The normalized spacial score (nSPS) is 17.7. The summed E-state index contributed by atoms with van der Waals surface area (Å²) in [5.74, 6) is 0.664. The highest BCUT2D eigenvalue weighted by molar-refractivity contribution is 7.90. The molecule has 0 radical (unpaired) electrons. The maximum atomic E-state index is 12.6. The van der Waals surface area contributed by atoms with Crippen molar-refractivity contribution in [2.75, 3.05) is 26.2 Å². The number of hydrogen-bond acceptors (Lipinski definition) is 4. The molecule has 2 rings (SSSR count). The number of aromatic nitrogens is 1. The monoisotopic (exact) mass is 407 g/mol. The minimum absolute atomic E-state index is 0.0726. The molecule has 1 saturated heterocycles. The van der Waals surface area contributed by atoms with Gasteiger partial charge in [-0.1, -0.05) is 6.07 Å². The van der Waals surface area contributed by atoms with E-state index < -0.39 is 15.5 Å². The molecule has 0 amide bonds. The van der Waals surface area contributed by atoms with Crippen molar-refractivity contribution < 1.29 is 21.6 Å². The maximum absolute atomic E-state index is 12.6. The summed E-state index contributed by atoms with van der Waals surface area (Å²) >= 11 is 0. The van der Waals surface area contributed by atoms with Gasteiger partial charge in [-0.05, 0) is 37.8 Å². The predicted molar refractivity (Wildman–Crippen MR) is 96.3 cm³/mol. The second-order valence-corrected chi connectivity index (χ2v) is 8.12. The summed E-state index contributed by atoms with van der Waals surface area (Å²) in [6, 6.07) is 5.56. The molecule has 1 fully saturated rings. The van der Waals surface area contributed by atoms with Crippen LogP contribution in [0.15, 0.2) is 29.4 Å². The third kappa shape index (κ3) is 6.06. The van der Waals surface area contributed by atoms with Gasteiger partial charge in [0, 0.05) is 32.4 Å². The first-order valence-electron chi connectivity index (χ1n) is 8.72. The van der Waals surface area contributed by atoms with Crippen molar-refractivity contribution in [1.29, 1.82) is 0 Å². The van der Waals surface area contributed by atoms with Crippen molar-refractivity contribution >= 4 is 16.0 Å². The van der Waals surface area contributed by atoms with E-state index in [1.165, 1.54) is 0 Å². The lowest BCUT2D eigenvalue weighted by Gasteiger charge is -2.31. The fraction of sp³-hybridized carbons (Fsp3) is 0.625. The summed E-state index contributed by atoms with van der Waals surface area (Å²) in [7, 11) is -5.23. The highest BCUT2D eigenvalue weighted by Crippen LogP contribution is 2.30. The van der Waals surface area contributed by atoms with E-state index in [-0.39, 0.29) is 19.0 Å². The molecule has 0 aromatic carbocycles. The number of sulfonamides is 1. The Kier molecular flexibility index (Phi) is 7.42. The van der Waals surface area contributed by atoms with Crippen molar-refractivity contribution in [3.05, 3.63) is 30.1 Å². The van der Waals surface area contributed by atoms with Gasteiger partial charge in [-0.2, -0.15) is 17.5 Å². The first-order chi connectivity index (χ1) is 12.7. The van der Waals surface area contributed by atoms with Crippen LogP contribution in [0.4, 0.5) is 13.2 Å². The predicted octanol–water partition coefficient (Wildman–Crippen LogP) is 1.70. The zero-order chi connectivity index (χ0) is 19.9. The zero-order valence-corrected chi connectivity index (χ0v) is 15.9. The summed E-state index contributed by atoms with van der Waals surface area (Å²) in [5, 5.41) is 6.27. The van der Waals surface area contributed by atoms with E-state index in [0.717, 1.165) is 5.69 Å². The van der Waals surface area contributed by atoms with E-state index in [1.807, 2.05) is 25.1 Å². The molecule has 1 aliphatic rings. The molecule has 0 unspecified atom stereocenters. The third-order valence-corrected chi connectivity index (χ3v) is 5.86. The molecule has 0 aliphatic carbocycles. The molecule has 27 heavy (non-hydrogen) atoms. The number of nitrogens with one attached hydrogen (secondary N) is 2. The number of halogens is 3. The average Bonchev–Trinajstić information content (AvgIpc) is 2.64. The number of aliphatic imine (C=N–C) groups is 1. The second kappa shape index (κ2) is 9.36. The topological polar surface area (TPSA) is 86.7 Å². The molecule has 7 nitrogen and oxygen atoms in total. The van der Waals surface area contributed by atoms with Crippen LogP contribution >= 0.6 is 0 Å². The quantitative estimate of drug-likeness (QED) is 0.554. The van der Waals surface area contributed by atoms with E-state index in [2.05, 4.69) is 20.6 Å². The van der Waals surface area contributed by atoms with Crippen LogP contribution in [0.25, 0.3) is 0 Å². The Morgan fingerprint density at radius 3 is 2.56 bits per heavy atom. The SMILES string of the molecule is CCNC(=NCc1ccccn1)NCC1CCN(S(=O)(=O)C(F)(F)F)CC1. The summed E-state index contributed by atoms with van der Waals surface area (Å²) in [6.07, 6.45) is 2.41. The molecule has 152 valence electrons. The molecule has 1 aromatic rings. The zero-order valence-electron chi connectivity index (χ0n) is 15.0. The van der Waals surface area contributed by atoms with Gasteiger partial charge in [0.25, 0.3) is 0 Å². The smallest absolute Gasteiger partial charge is 0.357 e. The van der Waals surface area contributed by atoms with Gasteiger partial charge in [-0.25, -0.2) is 13.4 Å². The Bertz CT molecular complexity index is 717. The van der Waals surface area contributed by atoms with Crippen LogP contribution < -0.4 is 10.6 Å². The van der Waals surface area contributed by atoms with E-state index in [4.69, 9.17) is 0 Å². The molecule has 0 atom stereocenters. The largest absolute Gasteiger partial charge is 0.511 e. The number of hydrogen-bond donors (Lipinski definition) is 2. The first-order valence-corrected chi connectivity index (χ1v) is 10.2. The van der Waals surface area contributed by atoms with Crippen molar-refractivity contribution in [2.45, 2.75) is 31.8 Å². The van der Waals surface area contributed by atoms with Crippen molar-refractivity contribution in [1.82, 2.24) is 19.9 Å². The Hall–Kier alpha value is -1.88. The Balaban J connectivity index is 1.85. The van der Waals surface area contributed by atoms with E-state index in [1.54, 1.807) is 6.20 Å². The van der Waals surface area contributed by atoms with Crippen molar-refractivity contribution in [3.8, 4) is 0 Å². The number of pyridine rings is 1. The fourth-order valence-electron chi connectivity index (χ4n) is 2.73. The van der Waals surface area contributed by atoms with E-state index in [0.29, 0.717) is 42.7 Å². The molecular weight excluding hydrogens is 383 g/mol. The third-order valence-electron chi connectivity index (χ3n) is 4.23. The van der Waals surface area contributed by atoms with Crippen LogP contribution in [-0.4, -0.2) is 55.4 Å². The molecular formula is C16H24F3N5O2S. The summed E-state index contributed by atoms with van der Waals surface area (Å²) < 4.78 is 61.2. The molecule has 11 heteroatoms. The van der Waals surface area contributed by atoms with Gasteiger partial charge in [0.15, 0.2) is 5.96 Å². The Morgan fingerprint density at radius 1 is 1.30 bits per heavy atom. The Labute approximate surface area is 157 Å². The molecule has 0 saturated carbocycles. The van der Waals surface area contributed by atoms with Crippen LogP contribution in [0, 0.1) is 5.92 Å². The molecule has 2 heterocycles. The lowest BCUT2D eigenvalue weighted by Crippen LogP contribution is -2.47. The minimum Gasteiger partial charge on any atom is -0.357 e. The number of alkyl halides is 3. The van der Waals surface area contributed by atoms with Crippen molar-refractivity contribution in [2.24, 2.45) is 10.9 Å². The number of rotatable bonds is 6. The lowest BCUT2D eigenvalue weighted by atomic mass is 9.98. The highest BCUT2D eigenvalue weighted by atomic mass is 32.2. The second-order valence-electron chi connectivity index (χ2n) is 6.19. The molecule has 1 aliphatic heterocycles. The molecule has 1 aromatic heterocycles. The maximum Gasteiger partial charge on any atom is 0.511 e. The number of guanidine groups is 1. The molecule has 2 N–H and O–H groups in total. The van der Waals surface area contributed by atoms with Crippen LogP contribution in [0.5, 0.6) is 0 Å². The fourth-order valence-corrected chi connectivity index (χ4v) is 3.72. The van der Waals surface area contributed by atoms with Crippen molar-refractivity contribution in [3.63, 3.8) is 0 Å². The standard InChI is InChI=1S/C16H24F3N5O2S/c1-2-20-15(23-12-14-5-3-4-8-21-14)22-11-13-6-9-24(10-7-13)27(25,26)16(17,18)19/h3-5,8,13H,2,6-7,9-12H2,1H3,(H2,20,22,23). The summed E-state index contributed by atoms with van der Waals surface area (Å²) in [4.78, 5) is 8.63. The van der Waals surface area contributed by atoms with Gasteiger partial charge in [0.2, 0.25) is 0 Å². The first kappa shape index (κ1) is 21.4. The van der Waals surface area contributed by atoms with Crippen LogP contribution in [0.3, 0.4) is 0 Å². The number of nitrogens with zero attached hydrogens (tertiary/aromatic N) is 3. The Morgan fingerprint density at radius 2 is 2.00 bits per heavy atom. The summed E-state index contributed by atoms with van der Waals surface area (Å²) in [6.45, 7) is 3.24. The lowest BCUT2D eigenvalue weighted by molar-refractivity contribution is -0.0496. The van der Waals surface area contributed by atoms with E-state index in [9.17, 15) is 21.6 Å². The van der Waals surface area contributed by atoms with Gasteiger partial charge in [-0.3, -0.25) is 4.98 Å². The highest BCUT2D eigenvalue weighted by Gasteiger charge is 2.50. The van der Waals surface area contributed by atoms with Gasteiger partial charge < -0.3 is 10.6 Å². The molecule has 0 spiro atoms. The van der Waals surface area contributed by atoms with Gasteiger partial charge in [0.05, 0.1) is 12.2 Å². The minimum atomic E-state index is -5.24. The van der Waals surface area contributed by atoms with Gasteiger partial charge >= 0.3 is 15.5 Å². The number of piperidine rings is 1. The summed E-state index contributed by atoms with van der Waals surface area (Å²) in [5.41, 5.74) is -4.42. The average molecular weight is 407 g/mol.